The standard InChI is InChI=1S/C15H23N3O4S/c1-9-8-23-12(16-9)17-11(20)10(19)15(6-5-7-15)18-13(21)22-14(2,3)4/h8,10,19H,5-7H2,1-4H3,(H,18,21)(H,16,17,20). The molecule has 0 aliphatic heterocycles. The number of nitrogens with zero attached hydrogens (tertiary/aromatic N) is 1. The van der Waals surface area contributed by atoms with Crippen molar-refractivity contribution in [2.24, 2.45) is 0 Å². The van der Waals surface area contributed by atoms with E-state index in [0.717, 1.165) is 12.1 Å². The average Bonchev–Trinajstić information content (AvgIpc) is 2.76. The van der Waals surface area contributed by atoms with Crippen molar-refractivity contribution in [3.8, 4) is 0 Å². The van der Waals surface area contributed by atoms with E-state index in [0.29, 0.717) is 18.0 Å². The lowest BCUT2D eigenvalue weighted by Gasteiger charge is -2.44. The number of hydrogen-bond donors (Lipinski definition) is 3. The summed E-state index contributed by atoms with van der Waals surface area (Å²) in [6.45, 7) is 7.09. The summed E-state index contributed by atoms with van der Waals surface area (Å²) < 4.78 is 5.22. The number of aromatic nitrogens is 1. The third-order valence-corrected chi connectivity index (χ3v) is 4.49. The van der Waals surface area contributed by atoms with Crippen molar-refractivity contribution in [3.05, 3.63) is 11.1 Å². The topological polar surface area (TPSA) is 101 Å². The lowest BCUT2D eigenvalue weighted by molar-refractivity contribution is -0.131. The number of aryl methyl sites for hydroxylation is 1. The molecule has 1 aromatic rings. The van der Waals surface area contributed by atoms with Gasteiger partial charge in [0.2, 0.25) is 0 Å². The Hall–Kier alpha value is -1.67. The van der Waals surface area contributed by atoms with Crippen molar-refractivity contribution in [2.75, 3.05) is 5.32 Å². The van der Waals surface area contributed by atoms with Gasteiger partial charge < -0.3 is 15.2 Å². The normalized spacial score (nSPS) is 17.8. The molecular formula is C15H23N3O4S. The minimum atomic E-state index is -1.35. The number of rotatable bonds is 4. The number of hydrogen-bond acceptors (Lipinski definition) is 6. The van der Waals surface area contributed by atoms with Crippen LogP contribution in [-0.4, -0.2) is 39.3 Å². The molecule has 0 aromatic carbocycles. The molecule has 1 atom stereocenters. The van der Waals surface area contributed by atoms with Gasteiger partial charge in [-0.15, -0.1) is 11.3 Å². The number of thiazole rings is 1. The van der Waals surface area contributed by atoms with Gasteiger partial charge in [-0.1, -0.05) is 0 Å². The summed E-state index contributed by atoms with van der Waals surface area (Å²) in [5.74, 6) is -0.574. The van der Waals surface area contributed by atoms with Crippen LogP contribution in [0.1, 0.15) is 45.7 Å². The zero-order valence-corrected chi connectivity index (χ0v) is 14.6. The predicted octanol–water partition coefficient (Wildman–Crippen LogP) is 2.20. The van der Waals surface area contributed by atoms with Gasteiger partial charge >= 0.3 is 6.09 Å². The third-order valence-electron chi connectivity index (χ3n) is 3.62. The number of carbonyl (C=O) groups is 2. The van der Waals surface area contributed by atoms with E-state index in [9.17, 15) is 14.7 Å². The molecule has 1 aromatic heterocycles. The summed E-state index contributed by atoms with van der Waals surface area (Å²) in [5, 5.41) is 17.9. The summed E-state index contributed by atoms with van der Waals surface area (Å²) >= 11 is 1.29. The molecule has 1 aliphatic rings. The fourth-order valence-corrected chi connectivity index (χ4v) is 3.06. The number of anilines is 1. The van der Waals surface area contributed by atoms with Gasteiger partial charge in [-0.05, 0) is 47.0 Å². The van der Waals surface area contributed by atoms with E-state index in [4.69, 9.17) is 4.74 Å². The summed E-state index contributed by atoms with van der Waals surface area (Å²) in [6, 6.07) is 0. The van der Waals surface area contributed by atoms with E-state index in [-0.39, 0.29) is 0 Å². The van der Waals surface area contributed by atoms with Gasteiger partial charge in [0.25, 0.3) is 5.91 Å². The van der Waals surface area contributed by atoms with E-state index in [1.807, 2.05) is 6.92 Å². The zero-order valence-electron chi connectivity index (χ0n) is 13.8. The van der Waals surface area contributed by atoms with Crippen molar-refractivity contribution in [2.45, 2.75) is 64.2 Å². The first kappa shape index (κ1) is 17.7. The zero-order chi connectivity index (χ0) is 17.3. The first-order valence-corrected chi connectivity index (χ1v) is 8.41. The Morgan fingerprint density at radius 1 is 1.43 bits per heavy atom. The van der Waals surface area contributed by atoms with Crippen LogP contribution in [0.15, 0.2) is 5.38 Å². The molecule has 2 amide bonds. The van der Waals surface area contributed by atoms with Crippen molar-refractivity contribution >= 4 is 28.5 Å². The molecule has 2 rings (SSSR count). The van der Waals surface area contributed by atoms with Crippen molar-refractivity contribution in [3.63, 3.8) is 0 Å². The molecule has 23 heavy (non-hydrogen) atoms. The molecule has 0 bridgehead atoms. The number of ether oxygens (including phenoxy) is 1. The Kier molecular flexibility index (Phi) is 4.95. The number of nitrogens with one attached hydrogen (secondary N) is 2. The van der Waals surface area contributed by atoms with Gasteiger partial charge in [0.15, 0.2) is 11.2 Å². The Morgan fingerprint density at radius 3 is 2.52 bits per heavy atom. The minimum absolute atomic E-state index is 0.429. The van der Waals surface area contributed by atoms with Crippen molar-refractivity contribution in [1.82, 2.24) is 10.3 Å². The molecule has 1 saturated carbocycles. The fraction of sp³-hybridized carbons (Fsp3) is 0.667. The molecule has 1 aliphatic carbocycles. The van der Waals surface area contributed by atoms with Gasteiger partial charge in [-0.3, -0.25) is 10.1 Å². The quantitative estimate of drug-likeness (QED) is 0.779. The molecule has 128 valence electrons. The number of aliphatic hydroxyl groups is 1. The second-order valence-electron chi connectivity index (χ2n) is 6.82. The molecule has 1 fully saturated rings. The first-order valence-electron chi connectivity index (χ1n) is 7.53. The maximum atomic E-state index is 12.2. The number of amides is 2. The summed E-state index contributed by atoms with van der Waals surface area (Å²) in [5.41, 5.74) is -0.815. The largest absolute Gasteiger partial charge is 0.444 e. The van der Waals surface area contributed by atoms with Crippen molar-refractivity contribution < 1.29 is 19.4 Å². The van der Waals surface area contributed by atoms with Gasteiger partial charge in [-0.25, -0.2) is 9.78 Å². The van der Waals surface area contributed by atoms with Crippen LogP contribution in [0, 0.1) is 6.92 Å². The molecule has 0 saturated heterocycles. The van der Waals surface area contributed by atoms with Crippen LogP contribution in [-0.2, 0) is 9.53 Å². The Bertz CT molecular complexity index is 590. The van der Waals surface area contributed by atoms with Crippen molar-refractivity contribution in [1.29, 1.82) is 0 Å². The smallest absolute Gasteiger partial charge is 0.408 e. The predicted molar refractivity (Wildman–Crippen MR) is 87.4 cm³/mol. The summed E-state index contributed by atoms with van der Waals surface area (Å²) in [6.07, 6.45) is -0.103. The lowest BCUT2D eigenvalue weighted by atomic mass is 9.72. The Balaban J connectivity index is 2.00. The molecule has 8 heteroatoms. The monoisotopic (exact) mass is 341 g/mol. The fourth-order valence-electron chi connectivity index (χ4n) is 2.37. The van der Waals surface area contributed by atoms with Gasteiger partial charge in [-0.2, -0.15) is 0 Å². The summed E-state index contributed by atoms with van der Waals surface area (Å²) in [7, 11) is 0. The molecule has 0 spiro atoms. The second-order valence-corrected chi connectivity index (χ2v) is 7.68. The van der Waals surface area contributed by atoms with Gasteiger partial charge in [0, 0.05) is 5.38 Å². The van der Waals surface area contributed by atoms with Crippen LogP contribution in [0.4, 0.5) is 9.93 Å². The third kappa shape index (κ3) is 4.42. The molecule has 7 nitrogen and oxygen atoms in total. The second kappa shape index (κ2) is 6.45. The highest BCUT2D eigenvalue weighted by Gasteiger charge is 2.48. The highest BCUT2D eigenvalue weighted by atomic mass is 32.1. The van der Waals surface area contributed by atoms with Gasteiger partial charge in [0.1, 0.15) is 5.60 Å². The highest BCUT2D eigenvalue weighted by Crippen LogP contribution is 2.36. The number of aliphatic hydroxyl groups excluding tert-OH is 1. The van der Waals surface area contributed by atoms with E-state index in [1.54, 1.807) is 26.2 Å². The maximum absolute atomic E-state index is 12.2. The Morgan fingerprint density at radius 2 is 2.09 bits per heavy atom. The van der Waals surface area contributed by atoms with Gasteiger partial charge in [0.05, 0.1) is 11.2 Å². The molecule has 1 heterocycles. The van der Waals surface area contributed by atoms with Crippen LogP contribution >= 0.6 is 11.3 Å². The van der Waals surface area contributed by atoms with Crippen LogP contribution in [0.25, 0.3) is 0 Å². The van der Waals surface area contributed by atoms with E-state index < -0.39 is 29.2 Å². The van der Waals surface area contributed by atoms with Crippen LogP contribution in [0.3, 0.4) is 0 Å². The first-order chi connectivity index (χ1) is 10.6. The number of alkyl carbamates (subject to hydrolysis) is 1. The summed E-state index contributed by atoms with van der Waals surface area (Å²) in [4.78, 5) is 28.3. The van der Waals surface area contributed by atoms with Crippen LogP contribution in [0.5, 0.6) is 0 Å². The number of carbonyl (C=O) groups excluding carboxylic acids is 2. The van der Waals surface area contributed by atoms with E-state index >= 15 is 0 Å². The molecule has 0 radical (unpaired) electrons. The SMILES string of the molecule is Cc1csc(NC(=O)C(O)C2(NC(=O)OC(C)(C)C)CCC2)n1. The molecule has 1 unspecified atom stereocenters. The highest BCUT2D eigenvalue weighted by molar-refractivity contribution is 7.13. The van der Waals surface area contributed by atoms with E-state index in [2.05, 4.69) is 15.6 Å². The van der Waals surface area contributed by atoms with Crippen LogP contribution in [0.2, 0.25) is 0 Å². The lowest BCUT2D eigenvalue weighted by Crippen LogP contribution is -2.64. The van der Waals surface area contributed by atoms with Crippen LogP contribution < -0.4 is 10.6 Å². The Labute approximate surface area is 139 Å². The average molecular weight is 341 g/mol. The molecule has 3 N–H and O–H groups in total. The van der Waals surface area contributed by atoms with E-state index in [1.165, 1.54) is 11.3 Å². The maximum Gasteiger partial charge on any atom is 0.408 e. The minimum Gasteiger partial charge on any atom is -0.444 e. The molecular weight excluding hydrogens is 318 g/mol.